The molecule has 21 heavy (non-hydrogen) atoms. The molecule has 0 saturated carbocycles. The monoisotopic (exact) mass is 293 g/mol. The summed E-state index contributed by atoms with van der Waals surface area (Å²) in [5.74, 6) is 0.623. The van der Waals surface area contributed by atoms with Crippen molar-refractivity contribution in [1.82, 2.24) is 15.3 Å². The standard InChI is InChI=1S/C17H31N3O/c1-6-7-8-9-10-14(2)21-16-13-18-15(11-19-16)12-20-17(3,4)5/h11,13-14,20H,6-10,12H2,1-5H3. The Labute approximate surface area is 129 Å². The fraction of sp³-hybridized carbons (Fsp3) is 0.765. The molecule has 1 heterocycles. The van der Waals surface area contributed by atoms with Crippen LogP contribution >= 0.6 is 0 Å². The Morgan fingerprint density at radius 2 is 1.90 bits per heavy atom. The predicted octanol–water partition coefficient (Wildman–Crippen LogP) is 4.10. The van der Waals surface area contributed by atoms with Crippen molar-refractivity contribution in [2.45, 2.75) is 84.9 Å². The highest BCUT2D eigenvalue weighted by Gasteiger charge is 2.10. The molecule has 4 nitrogen and oxygen atoms in total. The van der Waals surface area contributed by atoms with E-state index in [2.05, 4.69) is 49.9 Å². The van der Waals surface area contributed by atoms with E-state index in [9.17, 15) is 0 Å². The minimum atomic E-state index is 0.0872. The summed E-state index contributed by atoms with van der Waals surface area (Å²) in [5.41, 5.74) is 1.03. The lowest BCUT2D eigenvalue weighted by molar-refractivity contribution is 0.197. The third-order valence-corrected chi connectivity index (χ3v) is 3.27. The fourth-order valence-corrected chi connectivity index (χ4v) is 1.97. The van der Waals surface area contributed by atoms with Crippen molar-refractivity contribution in [3.63, 3.8) is 0 Å². The van der Waals surface area contributed by atoms with E-state index < -0.39 is 0 Å². The van der Waals surface area contributed by atoms with E-state index in [-0.39, 0.29) is 11.6 Å². The molecular weight excluding hydrogens is 262 g/mol. The number of nitrogens with one attached hydrogen (secondary N) is 1. The molecule has 0 saturated heterocycles. The lowest BCUT2D eigenvalue weighted by Crippen LogP contribution is -2.35. The Morgan fingerprint density at radius 1 is 1.14 bits per heavy atom. The zero-order chi connectivity index (χ0) is 15.7. The Hall–Kier alpha value is -1.16. The fourth-order valence-electron chi connectivity index (χ4n) is 1.97. The maximum atomic E-state index is 5.80. The van der Waals surface area contributed by atoms with Gasteiger partial charge in [0.15, 0.2) is 0 Å². The van der Waals surface area contributed by atoms with Crippen LogP contribution in [0, 0.1) is 0 Å². The third kappa shape index (κ3) is 8.66. The maximum absolute atomic E-state index is 5.80. The summed E-state index contributed by atoms with van der Waals surface area (Å²) in [6.45, 7) is 11.5. The van der Waals surface area contributed by atoms with E-state index in [0.29, 0.717) is 5.88 Å². The van der Waals surface area contributed by atoms with Crippen LogP contribution < -0.4 is 10.1 Å². The number of ether oxygens (including phenoxy) is 1. The Kier molecular flexibility index (Phi) is 7.65. The van der Waals surface area contributed by atoms with Gasteiger partial charge >= 0.3 is 0 Å². The Balaban J connectivity index is 2.33. The van der Waals surface area contributed by atoms with Gasteiger partial charge in [0.2, 0.25) is 5.88 Å². The SMILES string of the molecule is CCCCCCC(C)Oc1cnc(CNC(C)(C)C)cn1. The van der Waals surface area contributed by atoms with Crippen molar-refractivity contribution in [2.75, 3.05) is 0 Å². The first-order chi connectivity index (χ1) is 9.90. The number of rotatable bonds is 9. The zero-order valence-electron chi connectivity index (χ0n) is 14.3. The summed E-state index contributed by atoms with van der Waals surface area (Å²) >= 11 is 0. The quantitative estimate of drug-likeness (QED) is 0.696. The molecule has 0 bridgehead atoms. The number of hydrogen-bond donors (Lipinski definition) is 1. The molecule has 1 N–H and O–H groups in total. The zero-order valence-corrected chi connectivity index (χ0v) is 14.3. The molecule has 0 aliphatic carbocycles. The smallest absolute Gasteiger partial charge is 0.232 e. The van der Waals surface area contributed by atoms with Crippen molar-refractivity contribution < 1.29 is 4.74 Å². The number of hydrogen-bond acceptors (Lipinski definition) is 4. The molecule has 1 atom stereocenters. The van der Waals surface area contributed by atoms with Crippen molar-refractivity contribution >= 4 is 0 Å². The predicted molar refractivity (Wildman–Crippen MR) is 87.5 cm³/mol. The second-order valence-electron chi connectivity index (χ2n) is 6.73. The second kappa shape index (κ2) is 8.98. The van der Waals surface area contributed by atoms with E-state index in [1.807, 2.05) is 0 Å². The summed E-state index contributed by atoms with van der Waals surface area (Å²) < 4.78 is 5.80. The molecule has 0 aliphatic rings. The van der Waals surface area contributed by atoms with Gasteiger partial charge in [0, 0.05) is 12.1 Å². The highest BCUT2D eigenvalue weighted by atomic mass is 16.5. The molecule has 4 heteroatoms. The Morgan fingerprint density at radius 3 is 2.48 bits per heavy atom. The third-order valence-electron chi connectivity index (χ3n) is 3.27. The van der Waals surface area contributed by atoms with Crippen molar-refractivity contribution in [3.05, 3.63) is 18.1 Å². The number of aromatic nitrogens is 2. The molecule has 1 aromatic heterocycles. The molecule has 1 unspecified atom stereocenters. The van der Waals surface area contributed by atoms with Gasteiger partial charge in [-0.25, -0.2) is 4.98 Å². The van der Waals surface area contributed by atoms with Gasteiger partial charge in [0.25, 0.3) is 0 Å². The first-order valence-corrected chi connectivity index (χ1v) is 8.13. The Bertz CT molecular complexity index is 384. The van der Waals surface area contributed by atoms with Gasteiger partial charge in [0.1, 0.15) is 0 Å². The topological polar surface area (TPSA) is 47.0 Å². The van der Waals surface area contributed by atoms with Crippen molar-refractivity contribution in [3.8, 4) is 5.88 Å². The van der Waals surface area contributed by atoms with Gasteiger partial charge in [-0.1, -0.05) is 26.2 Å². The minimum absolute atomic E-state index is 0.0872. The first-order valence-electron chi connectivity index (χ1n) is 8.13. The van der Waals surface area contributed by atoms with Crippen molar-refractivity contribution in [1.29, 1.82) is 0 Å². The molecule has 1 aromatic rings. The lowest BCUT2D eigenvalue weighted by atomic mass is 10.1. The van der Waals surface area contributed by atoms with E-state index in [1.54, 1.807) is 12.4 Å². The van der Waals surface area contributed by atoms with Gasteiger partial charge in [-0.15, -0.1) is 0 Å². The van der Waals surface area contributed by atoms with Crippen LogP contribution in [0.4, 0.5) is 0 Å². The maximum Gasteiger partial charge on any atom is 0.232 e. The summed E-state index contributed by atoms with van der Waals surface area (Å²) in [6.07, 6.45) is 9.88. The van der Waals surface area contributed by atoms with Crippen molar-refractivity contribution in [2.24, 2.45) is 0 Å². The van der Waals surface area contributed by atoms with Crippen LogP contribution in [0.3, 0.4) is 0 Å². The van der Waals surface area contributed by atoms with E-state index in [1.165, 1.54) is 25.7 Å². The van der Waals surface area contributed by atoms with E-state index in [0.717, 1.165) is 18.7 Å². The highest BCUT2D eigenvalue weighted by molar-refractivity contribution is 5.07. The van der Waals surface area contributed by atoms with Gasteiger partial charge in [-0.2, -0.15) is 0 Å². The molecule has 0 aliphatic heterocycles. The highest BCUT2D eigenvalue weighted by Crippen LogP contribution is 2.12. The summed E-state index contributed by atoms with van der Waals surface area (Å²) in [5, 5.41) is 3.39. The van der Waals surface area contributed by atoms with Gasteiger partial charge in [-0.05, 0) is 40.5 Å². The van der Waals surface area contributed by atoms with Gasteiger partial charge in [-0.3, -0.25) is 4.98 Å². The van der Waals surface area contributed by atoms with Crippen LogP contribution in [0.15, 0.2) is 12.4 Å². The van der Waals surface area contributed by atoms with Gasteiger partial charge in [0.05, 0.1) is 24.2 Å². The number of nitrogens with zero attached hydrogens (tertiary/aromatic N) is 2. The average Bonchev–Trinajstić information content (AvgIpc) is 2.42. The molecule has 0 fully saturated rings. The molecule has 0 spiro atoms. The summed E-state index contributed by atoms with van der Waals surface area (Å²) in [6, 6.07) is 0. The minimum Gasteiger partial charge on any atom is -0.474 e. The summed E-state index contributed by atoms with van der Waals surface area (Å²) in [7, 11) is 0. The molecule has 0 amide bonds. The normalized spacial score (nSPS) is 13.2. The van der Waals surface area contributed by atoms with Crippen LogP contribution in [0.1, 0.15) is 72.4 Å². The first kappa shape index (κ1) is 17.9. The van der Waals surface area contributed by atoms with Gasteiger partial charge < -0.3 is 10.1 Å². The van der Waals surface area contributed by atoms with Crippen LogP contribution in [0.25, 0.3) is 0 Å². The van der Waals surface area contributed by atoms with Crippen LogP contribution in [0.2, 0.25) is 0 Å². The molecule has 0 aromatic carbocycles. The van der Waals surface area contributed by atoms with Crippen LogP contribution in [-0.4, -0.2) is 21.6 Å². The molecule has 120 valence electrons. The summed E-state index contributed by atoms with van der Waals surface area (Å²) in [4.78, 5) is 8.73. The largest absolute Gasteiger partial charge is 0.474 e. The molecular formula is C17H31N3O. The number of unbranched alkanes of at least 4 members (excludes halogenated alkanes) is 3. The second-order valence-corrected chi connectivity index (χ2v) is 6.73. The van der Waals surface area contributed by atoms with Crippen LogP contribution in [-0.2, 0) is 6.54 Å². The molecule has 1 rings (SSSR count). The lowest BCUT2D eigenvalue weighted by Gasteiger charge is -2.20. The van der Waals surface area contributed by atoms with Crippen LogP contribution in [0.5, 0.6) is 5.88 Å². The molecule has 0 radical (unpaired) electrons. The van der Waals surface area contributed by atoms with E-state index >= 15 is 0 Å². The average molecular weight is 293 g/mol. The van der Waals surface area contributed by atoms with E-state index in [4.69, 9.17) is 4.74 Å².